The topological polar surface area (TPSA) is 58.2 Å². The van der Waals surface area contributed by atoms with Crippen LogP contribution in [0.5, 0.6) is 0 Å². The van der Waals surface area contributed by atoms with Gasteiger partial charge in [0.1, 0.15) is 0 Å². The van der Waals surface area contributed by atoms with Gasteiger partial charge in [0.2, 0.25) is 5.91 Å². The number of thioether (sulfide) groups is 1. The van der Waals surface area contributed by atoms with Crippen molar-refractivity contribution in [1.29, 1.82) is 0 Å². The first kappa shape index (κ1) is 14.6. The molecule has 0 aliphatic carbocycles. The second-order valence-corrected chi connectivity index (χ2v) is 6.94. The molecule has 1 aliphatic rings. The molecule has 1 saturated heterocycles. The fraction of sp³-hybridized carbons (Fsp3) is 0.462. The van der Waals surface area contributed by atoms with E-state index in [2.05, 4.69) is 10.6 Å². The van der Waals surface area contributed by atoms with Crippen LogP contribution in [0.3, 0.4) is 0 Å². The van der Waals surface area contributed by atoms with Crippen LogP contribution >= 0.6 is 11.8 Å². The van der Waals surface area contributed by atoms with Crippen LogP contribution in [-0.2, 0) is 21.3 Å². The Hall–Kier alpha value is -0.850. The number of amides is 1. The Morgan fingerprint density at radius 3 is 2.89 bits per heavy atom. The van der Waals surface area contributed by atoms with Crippen molar-refractivity contribution in [3.05, 3.63) is 35.9 Å². The lowest BCUT2D eigenvalue weighted by molar-refractivity contribution is -0.122. The molecule has 1 fully saturated rings. The molecule has 2 atom stereocenters. The minimum atomic E-state index is -0.929. The highest BCUT2D eigenvalue weighted by Gasteiger charge is 2.21. The normalized spacial score (nSPS) is 20.1. The summed E-state index contributed by atoms with van der Waals surface area (Å²) in [5.41, 5.74) is 1.07. The van der Waals surface area contributed by atoms with E-state index in [1.807, 2.05) is 30.3 Å². The van der Waals surface area contributed by atoms with E-state index in [-0.39, 0.29) is 11.9 Å². The van der Waals surface area contributed by atoms with E-state index in [1.54, 1.807) is 11.8 Å². The van der Waals surface area contributed by atoms with Gasteiger partial charge in [-0.2, -0.15) is 0 Å². The molecule has 6 heteroatoms. The Morgan fingerprint density at radius 2 is 2.21 bits per heavy atom. The Balaban J connectivity index is 1.65. The molecule has 4 nitrogen and oxygen atoms in total. The van der Waals surface area contributed by atoms with Gasteiger partial charge in [-0.3, -0.25) is 14.3 Å². The predicted molar refractivity (Wildman–Crippen MR) is 80.4 cm³/mol. The van der Waals surface area contributed by atoms with Crippen LogP contribution < -0.4 is 10.6 Å². The fourth-order valence-electron chi connectivity index (χ4n) is 1.81. The third kappa shape index (κ3) is 4.97. The first-order valence-corrected chi connectivity index (χ1v) is 8.88. The molecular formula is C13H18N2O2S2. The number of carbonyl (C=O) groups is 1. The lowest BCUT2D eigenvalue weighted by atomic mass is 10.2. The maximum atomic E-state index is 11.9. The predicted octanol–water partition coefficient (Wildman–Crippen LogP) is 0.714. The van der Waals surface area contributed by atoms with Gasteiger partial charge in [-0.15, -0.1) is 11.8 Å². The fourth-order valence-corrected chi connectivity index (χ4v) is 3.79. The van der Waals surface area contributed by atoms with Crippen LogP contribution in [0, 0.1) is 0 Å². The van der Waals surface area contributed by atoms with Crippen molar-refractivity contribution in [2.24, 2.45) is 0 Å². The first-order valence-electron chi connectivity index (χ1n) is 6.23. The second kappa shape index (κ2) is 7.67. The molecule has 0 spiro atoms. The van der Waals surface area contributed by atoms with Gasteiger partial charge in [0, 0.05) is 40.5 Å². The van der Waals surface area contributed by atoms with Gasteiger partial charge in [0.25, 0.3) is 0 Å². The molecule has 0 radical (unpaired) electrons. The summed E-state index contributed by atoms with van der Waals surface area (Å²) in [5.74, 6) is 2.72. The van der Waals surface area contributed by atoms with Crippen molar-refractivity contribution in [2.75, 3.05) is 23.9 Å². The summed E-state index contributed by atoms with van der Waals surface area (Å²) in [6.45, 7) is 0.473. The van der Waals surface area contributed by atoms with Gasteiger partial charge in [-0.25, -0.2) is 0 Å². The summed E-state index contributed by atoms with van der Waals surface area (Å²) in [7, 11) is -0.929. The minimum Gasteiger partial charge on any atom is -0.354 e. The largest absolute Gasteiger partial charge is 0.354 e. The van der Waals surface area contributed by atoms with Crippen LogP contribution in [0.4, 0.5) is 0 Å². The smallest absolute Gasteiger partial charge is 0.238 e. The summed E-state index contributed by atoms with van der Waals surface area (Å²) in [6.07, 6.45) is 0. The number of rotatable bonds is 6. The molecule has 0 aromatic heterocycles. The third-order valence-electron chi connectivity index (χ3n) is 2.83. The van der Waals surface area contributed by atoms with E-state index in [1.165, 1.54) is 0 Å². The van der Waals surface area contributed by atoms with Gasteiger partial charge in [0.15, 0.2) is 0 Å². The highest BCUT2D eigenvalue weighted by molar-refractivity contribution is 7.99. The van der Waals surface area contributed by atoms with Crippen molar-refractivity contribution < 1.29 is 9.00 Å². The average molecular weight is 298 g/mol. The summed E-state index contributed by atoms with van der Waals surface area (Å²) in [5, 5.41) is 5.94. The Labute approximate surface area is 120 Å². The summed E-state index contributed by atoms with van der Waals surface area (Å²) in [6, 6.07) is 9.67. The first-order chi connectivity index (χ1) is 9.25. The molecule has 2 rings (SSSR count). The molecule has 1 aromatic carbocycles. The summed E-state index contributed by atoms with van der Waals surface area (Å²) < 4.78 is 11.9. The maximum Gasteiger partial charge on any atom is 0.238 e. The number of hydrogen-bond donors (Lipinski definition) is 2. The zero-order chi connectivity index (χ0) is 13.5. The standard InChI is InChI=1S/C13H18N2O2S2/c16-13(12-8-18-10-15-12)14-6-7-19(17)9-11-4-2-1-3-5-11/h1-5,12,15H,6-10H2,(H,14,16). The molecule has 1 aromatic rings. The van der Waals surface area contributed by atoms with Crippen molar-refractivity contribution in [1.82, 2.24) is 10.6 Å². The van der Waals surface area contributed by atoms with E-state index >= 15 is 0 Å². The number of benzene rings is 1. The van der Waals surface area contributed by atoms with Gasteiger partial charge in [0.05, 0.1) is 6.04 Å². The van der Waals surface area contributed by atoms with Crippen molar-refractivity contribution in [3.8, 4) is 0 Å². The highest BCUT2D eigenvalue weighted by atomic mass is 32.2. The van der Waals surface area contributed by atoms with Gasteiger partial charge < -0.3 is 5.32 Å². The maximum absolute atomic E-state index is 11.9. The zero-order valence-corrected chi connectivity index (χ0v) is 12.3. The molecular weight excluding hydrogens is 280 g/mol. The van der Waals surface area contributed by atoms with E-state index in [0.29, 0.717) is 18.1 Å². The molecule has 1 heterocycles. The quantitative estimate of drug-likeness (QED) is 0.812. The van der Waals surface area contributed by atoms with Crippen molar-refractivity contribution >= 4 is 28.5 Å². The molecule has 2 unspecified atom stereocenters. The van der Waals surface area contributed by atoms with Crippen LogP contribution in [-0.4, -0.2) is 40.1 Å². The van der Waals surface area contributed by atoms with E-state index < -0.39 is 10.8 Å². The van der Waals surface area contributed by atoms with Gasteiger partial charge >= 0.3 is 0 Å². The molecule has 2 N–H and O–H groups in total. The Kier molecular flexibility index (Phi) is 5.88. The molecule has 104 valence electrons. The molecule has 19 heavy (non-hydrogen) atoms. The van der Waals surface area contributed by atoms with E-state index in [0.717, 1.165) is 17.2 Å². The van der Waals surface area contributed by atoms with Crippen molar-refractivity contribution in [2.45, 2.75) is 11.8 Å². The monoisotopic (exact) mass is 298 g/mol. The summed E-state index contributed by atoms with van der Waals surface area (Å²) >= 11 is 1.72. The average Bonchev–Trinajstić information content (AvgIpc) is 2.93. The van der Waals surface area contributed by atoms with Crippen molar-refractivity contribution in [3.63, 3.8) is 0 Å². The van der Waals surface area contributed by atoms with E-state index in [4.69, 9.17) is 0 Å². The van der Waals surface area contributed by atoms with Crippen LogP contribution in [0.15, 0.2) is 30.3 Å². The van der Waals surface area contributed by atoms with E-state index in [9.17, 15) is 9.00 Å². The minimum absolute atomic E-state index is 0.0155. The zero-order valence-electron chi connectivity index (χ0n) is 10.6. The Morgan fingerprint density at radius 1 is 1.42 bits per heavy atom. The summed E-state index contributed by atoms with van der Waals surface area (Å²) in [4.78, 5) is 11.7. The highest BCUT2D eigenvalue weighted by Crippen LogP contribution is 2.09. The lowest BCUT2D eigenvalue weighted by Gasteiger charge is -2.10. The lowest BCUT2D eigenvalue weighted by Crippen LogP contribution is -2.43. The number of nitrogens with one attached hydrogen (secondary N) is 2. The second-order valence-electron chi connectivity index (χ2n) is 4.34. The SMILES string of the molecule is O=C(NCCS(=O)Cc1ccccc1)C1CSCN1. The Bertz CT molecular complexity index is 434. The number of carbonyl (C=O) groups excluding carboxylic acids is 1. The molecule has 1 amide bonds. The third-order valence-corrected chi connectivity index (χ3v) is 5.09. The van der Waals surface area contributed by atoms with Crippen LogP contribution in [0.2, 0.25) is 0 Å². The molecule has 0 bridgehead atoms. The molecule has 0 saturated carbocycles. The van der Waals surface area contributed by atoms with Crippen LogP contribution in [0.25, 0.3) is 0 Å². The molecule has 1 aliphatic heterocycles. The van der Waals surface area contributed by atoms with Crippen LogP contribution in [0.1, 0.15) is 5.56 Å². The number of hydrogen-bond acceptors (Lipinski definition) is 4. The van der Waals surface area contributed by atoms with Gasteiger partial charge in [-0.05, 0) is 5.56 Å². The van der Waals surface area contributed by atoms with Gasteiger partial charge in [-0.1, -0.05) is 30.3 Å².